The first-order valence-electron chi connectivity index (χ1n) is 8.51. The van der Waals surface area contributed by atoms with Crippen LogP contribution >= 0.6 is 0 Å². The number of piperidine rings is 1. The topological polar surface area (TPSA) is 50.8 Å². The Kier molecular flexibility index (Phi) is 7.20. The average Bonchev–Trinajstić information content (AvgIpc) is 2.59. The van der Waals surface area contributed by atoms with Gasteiger partial charge in [-0.1, -0.05) is 25.5 Å². The molecule has 1 heterocycles. The molecule has 0 aromatic heterocycles. The van der Waals surface area contributed by atoms with Crippen LogP contribution < -0.4 is 14.8 Å². The van der Waals surface area contributed by atoms with Crippen LogP contribution in [-0.4, -0.2) is 50.2 Å². The highest BCUT2D eigenvalue weighted by Crippen LogP contribution is 2.25. The Morgan fingerprint density at radius 3 is 2.83 bits per heavy atom. The Hall–Kier alpha value is -1.75. The van der Waals surface area contributed by atoms with E-state index in [1.54, 1.807) is 7.11 Å². The molecule has 1 N–H and O–H groups in total. The molecule has 5 nitrogen and oxygen atoms in total. The third kappa shape index (κ3) is 5.43. The molecule has 0 radical (unpaired) electrons. The van der Waals surface area contributed by atoms with Gasteiger partial charge in [0.25, 0.3) is 0 Å². The lowest BCUT2D eigenvalue weighted by molar-refractivity contribution is -0.123. The number of carbonyl (C=O) groups excluding carboxylic acids is 1. The normalized spacial score (nSPS) is 18.4. The van der Waals surface area contributed by atoms with Gasteiger partial charge in [-0.15, -0.1) is 0 Å². The fourth-order valence-corrected chi connectivity index (χ4v) is 3.06. The van der Waals surface area contributed by atoms with E-state index in [1.165, 1.54) is 19.3 Å². The molecule has 0 unspecified atom stereocenters. The zero-order chi connectivity index (χ0) is 16.5. The van der Waals surface area contributed by atoms with Crippen molar-refractivity contribution in [2.45, 2.75) is 38.6 Å². The molecular formula is C18H28N2O3. The number of nitrogens with one attached hydrogen (secondary N) is 1. The van der Waals surface area contributed by atoms with Crippen LogP contribution in [0.1, 0.15) is 32.6 Å². The maximum Gasteiger partial charge on any atom is 0.234 e. The van der Waals surface area contributed by atoms with Gasteiger partial charge in [0, 0.05) is 6.04 Å². The zero-order valence-corrected chi connectivity index (χ0v) is 14.2. The van der Waals surface area contributed by atoms with Crippen molar-refractivity contribution in [2.75, 3.05) is 33.4 Å². The molecule has 1 atom stereocenters. The van der Waals surface area contributed by atoms with E-state index in [9.17, 15) is 4.79 Å². The van der Waals surface area contributed by atoms with Crippen LogP contribution in [0.5, 0.6) is 11.5 Å². The van der Waals surface area contributed by atoms with Gasteiger partial charge in [0.15, 0.2) is 11.5 Å². The summed E-state index contributed by atoms with van der Waals surface area (Å²) in [5.41, 5.74) is 0. The number of amides is 1. The summed E-state index contributed by atoms with van der Waals surface area (Å²) in [5, 5.41) is 2.94. The number of hydrogen-bond donors (Lipinski definition) is 1. The summed E-state index contributed by atoms with van der Waals surface area (Å²) in [6.45, 7) is 4.66. The van der Waals surface area contributed by atoms with Gasteiger partial charge in [0.1, 0.15) is 6.61 Å². The van der Waals surface area contributed by atoms with Crippen molar-refractivity contribution in [2.24, 2.45) is 0 Å². The number of para-hydroxylation sites is 2. The SMILES string of the molecule is CC[C@H]1CCCCN1CC(=O)NCCOc1ccccc1OC. The van der Waals surface area contributed by atoms with Crippen LogP contribution in [0.4, 0.5) is 0 Å². The number of nitrogens with zero attached hydrogens (tertiary/aromatic N) is 1. The predicted molar refractivity (Wildman–Crippen MR) is 91.0 cm³/mol. The van der Waals surface area contributed by atoms with E-state index in [1.807, 2.05) is 24.3 Å². The number of ether oxygens (including phenoxy) is 2. The molecule has 0 aliphatic carbocycles. The molecule has 1 saturated heterocycles. The van der Waals surface area contributed by atoms with Gasteiger partial charge >= 0.3 is 0 Å². The average molecular weight is 320 g/mol. The summed E-state index contributed by atoms with van der Waals surface area (Å²) in [5.74, 6) is 1.48. The summed E-state index contributed by atoms with van der Waals surface area (Å²) in [7, 11) is 1.62. The maximum absolute atomic E-state index is 12.1. The van der Waals surface area contributed by atoms with Gasteiger partial charge < -0.3 is 14.8 Å². The Bertz CT molecular complexity index is 493. The fourth-order valence-electron chi connectivity index (χ4n) is 3.06. The van der Waals surface area contributed by atoms with Gasteiger partial charge in [-0.3, -0.25) is 9.69 Å². The van der Waals surface area contributed by atoms with E-state index in [-0.39, 0.29) is 5.91 Å². The molecule has 1 aromatic carbocycles. The molecule has 1 fully saturated rings. The van der Waals surface area contributed by atoms with Crippen molar-refractivity contribution in [1.82, 2.24) is 10.2 Å². The van der Waals surface area contributed by atoms with E-state index in [4.69, 9.17) is 9.47 Å². The van der Waals surface area contributed by atoms with E-state index < -0.39 is 0 Å². The smallest absolute Gasteiger partial charge is 0.234 e. The molecule has 0 saturated carbocycles. The Balaban J connectivity index is 1.68. The van der Waals surface area contributed by atoms with E-state index in [0.717, 1.165) is 13.0 Å². The highest BCUT2D eigenvalue weighted by Gasteiger charge is 2.22. The molecule has 0 spiro atoms. The van der Waals surface area contributed by atoms with Crippen molar-refractivity contribution in [3.8, 4) is 11.5 Å². The van der Waals surface area contributed by atoms with Gasteiger partial charge in [0.2, 0.25) is 5.91 Å². The molecule has 1 aliphatic heterocycles. The first-order valence-corrected chi connectivity index (χ1v) is 8.51. The van der Waals surface area contributed by atoms with Crippen molar-refractivity contribution in [3.63, 3.8) is 0 Å². The molecule has 2 rings (SSSR count). The number of methoxy groups -OCH3 is 1. The van der Waals surface area contributed by atoms with Crippen molar-refractivity contribution in [3.05, 3.63) is 24.3 Å². The fraction of sp³-hybridized carbons (Fsp3) is 0.611. The van der Waals surface area contributed by atoms with Crippen molar-refractivity contribution >= 4 is 5.91 Å². The van der Waals surface area contributed by atoms with E-state index in [0.29, 0.717) is 37.2 Å². The zero-order valence-electron chi connectivity index (χ0n) is 14.2. The number of likely N-dealkylation sites (tertiary alicyclic amines) is 1. The summed E-state index contributed by atoms with van der Waals surface area (Å²) in [4.78, 5) is 14.4. The lowest BCUT2D eigenvalue weighted by Gasteiger charge is -2.34. The van der Waals surface area contributed by atoms with E-state index >= 15 is 0 Å². The molecular weight excluding hydrogens is 292 g/mol. The maximum atomic E-state index is 12.1. The Morgan fingerprint density at radius 1 is 1.30 bits per heavy atom. The third-order valence-electron chi connectivity index (χ3n) is 4.32. The lowest BCUT2D eigenvalue weighted by Crippen LogP contribution is -2.45. The van der Waals surface area contributed by atoms with Gasteiger partial charge in [-0.05, 0) is 37.9 Å². The van der Waals surface area contributed by atoms with Crippen LogP contribution in [0.25, 0.3) is 0 Å². The molecule has 5 heteroatoms. The molecule has 23 heavy (non-hydrogen) atoms. The number of carbonyl (C=O) groups is 1. The van der Waals surface area contributed by atoms with Gasteiger partial charge in [-0.25, -0.2) is 0 Å². The molecule has 1 amide bonds. The molecule has 1 aliphatic rings. The molecule has 1 aromatic rings. The molecule has 128 valence electrons. The van der Waals surface area contributed by atoms with Crippen LogP contribution in [-0.2, 0) is 4.79 Å². The quantitative estimate of drug-likeness (QED) is 0.748. The summed E-state index contributed by atoms with van der Waals surface area (Å²) >= 11 is 0. The molecule has 0 bridgehead atoms. The second kappa shape index (κ2) is 9.40. The van der Waals surface area contributed by atoms with Crippen LogP contribution in [0, 0.1) is 0 Å². The minimum atomic E-state index is 0.0778. The van der Waals surface area contributed by atoms with Gasteiger partial charge in [0.05, 0.1) is 20.2 Å². The van der Waals surface area contributed by atoms with Crippen LogP contribution in [0.2, 0.25) is 0 Å². The summed E-state index contributed by atoms with van der Waals surface area (Å²) in [6.07, 6.45) is 4.80. The van der Waals surface area contributed by atoms with E-state index in [2.05, 4.69) is 17.1 Å². The summed E-state index contributed by atoms with van der Waals surface area (Å²) < 4.78 is 10.9. The number of rotatable bonds is 8. The minimum Gasteiger partial charge on any atom is -0.493 e. The second-order valence-corrected chi connectivity index (χ2v) is 5.88. The predicted octanol–water partition coefficient (Wildman–Crippen LogP) is 2.45. The highest BCUT2D eigenvalue weighted by molar-refractivity contribution is 5.78. The highest BCUT2D eigenvalue weighted by atomic mass is 16.5. The standard InChI is InChI=1S/C18H28N2O3/c1-3-15-8-6-7-12-20(15)14-18(21)19-11-13-23-17-10-5-4-9-16(17)22-2/h4-5,9-10,15H,3,6-8,11-14H2,1-2H3,(H,19,21)/t15-/m0/s1. The number of hydrogen-bond acceptors (Lipinski definition) is 4. The summed E-state index contributed by atoms with van der Waals surface area (Å²) in [6, 6.07) is 8.07. The Labute approximate surface area is 139 Å². The number of benzene rings is 1. The Morgan fingerprint density at radius 2 is 2.09 bits per heavy atom. The van der Waals surface area contributed by atoms with Gasteiger partial charge in [-0.2, -0.15) is 0 Å². The van der Waals surface area contributed by atoms with Crippen molar-refractivity contribution < 1.29 is 14.3 Å². The first kappa shape index (κ1) is 17.6. The monoisotopic (exact) mass is 320 g/mol. The third-order valence-corrected chi connectivity index (χ3v) is 4.32. The van der Waals surface area contributed by atoms with Crippen molar-refractivity contribution in [1.29, 1.82) is 0 Å². The second-order valence-electron chi connectivity index (χ2n) is 5.88. The van der Waals surface area contributed by atoms with Crippen LogP contribution in [0.15, 0.2) is 24.3 Å². The minimum absolute atomic E-state index is 0.0778. The lowest BCUT2D eigenvalue weighted by atomic mass is 10.0. The first-order chi connectivity index (χ1) is 11.2. The van der Waals surface area contributed by atoms with Crippen LogP contribution in [0.3, 0.4) is 0 Å². The largest absolute Gasteiger partial charge is 0.493 e.